The molecule has 3 rings (SSSR count). The van der Waals surface area contributed by atoms with E-state index in [0.29, 0.717) is 23.4 Å². The maximum absolute atomic E-state index is 13.9. The molecule has 0 spiro atoms. The Morgan fingerprint density at radius 2 is 1.75 bits per heavy atom. The van der Waals surface area contributed by atoms with Gasteiger partial charge in [0, 0.05) is 49.2 Å². The zero-order chi connectivity index (χ0) is 13.9. The minimum Gasteiger partial charge on any atom is -0.352 e. The van der Waals surface area contributed by atoms with E-state index < -0.39 is 0 Å². The second-order valence-corrected chi connectivity index (χ2v) is 5.41. The molecule has 1 aliphatic rings. The maximum Gasteiger partial charge on any atom is 0.166 e. The molecule has 0 N–H and O–H groups in total. The zero-order valence-corrected chi connectivity index (χ0v) is 12.3. The molecule has 0 radical (unpaired) electrons. The number of piperazine rings is 1. The summed E-state index contributed by atoms with van der Waals surface area (Å²) in [6.07, 6.45) is 6.69. The van der Waals surface area contributed by atoms with Crippen molar-refractivity contribution in [3.63, 3.8) is 0 Å². The molecule has 0 saturated carbocycles. The maximum atomic E-state index is 13.9. The standard InChI is InChI=1S/C13H13BrFN5/c14-10-7-11(15)13(18-8-10)20-5-3-19(4-6-20)12-9-16-1-2-17-12/h1-2,7-9H,3-6H2. The summed E-state index contributed by atoms with van der Waals surface area (Å²) in [7, 11) is 0. The Balaban J connectivity index is 1.69. The average Bonchev–Trinajstić information content (AvgIpc) is 2.48. The second-order valence-electron chi connectivity index (χ2n) is 4.50. The highest BCUT2D eigenvalue weighted by Crippen LogP contribution is 2.22. The van der Waals surface area contributed by atoms with Gasteiger partial charge in [0.25, 0.3) is 0 Å². The van der Waals surface area contributed by atoms with Gasteiger partial charge in [0.1, 0.15) is 5.82 Å². The highest BCUT2D eigenvalue weighted by Gasteiger charge is 2.21. The molecule has 0 amide bonds. The van der Waals surface area contributed by atoms with Gasteiger partial charge in [-0.2, -0.15) is 0 Å². The van der Waals surface area contributed by atoms with Gasteiger partial charge in [-0.1, -0.05) is 0 Å². The predicted molar refractivity (Wildman–Crippen MR) is 78.4 cm³/mol. The molecule has 0 unspecified atom stereocenters. The first-order valence-electron chi connectivity index (χ1n) is 6.31. The first-order chi connectivity index (χ1) is 9.74. The molecule has 7 heteroatoms. The number of anilines is 2. The Kier molecular flexibility index (Phi) is 3.77. The summed E-state index contributed by atoms with van der Waals surface area (Å²) in [5, 5.41) is 0. The molecule has 20 heavy (non-hydrogen) atoms. The van der Waals surface area contributed by atoms with Crippen LogP contribution in [0.15, 0.2) is 35.3 Å². The van der Waals surface area contributed by atoms with Gasteiger partial charge in [-0.3, -0.25) is 4.98 Å². The summed E-state index contributed by atoms with van der Waals surface area (Å²) in [4.78, 5) is 16.6. The van der Waals surface area contributed by atoms with Gasteiger partial charge in [0.2, 0.25) is 0 Å². The van der Waals surface area contributed by atoms with Crippen molar-refractivity contribution in [1.82, 2.24) is 15.0 Å². The fourth-order valence-electron chi connectivity index (χ4n) is 2.24. The average molecular weight is 338 g/mol. The quantitative estimate of drug-likeness (QED) is 0.839. The van der Waals surface area contributed by atoms with Gasteiger partial charge in [-0.05, 0) is 22.0 Å². The van der Waals surface area contributed by atoms with Gasteiger partial charge in [0.15, 0.2) is 11.6 Å². The number of halogens is 2. The molecule has 2 aromatic heterocycles. The van der Waals surface area contributed by atoms with E-state index in [1.165, 1.54) is 6.07 Å². The van der Waals surface area contributed by atoms with Crippen LogP contribution in [0.1, 0.15) is 0 Å². The van der Waals surface area contributed by atoms with Crippen molar-refractivity contribution in [2.24, 2.45) is 0 Å². The first-order valence-corrected chi connectivity index (χ1v) is 7.10. The Morgan fingerprint density at radius 3 is 2.40 bits per heavy atom. The molecule has 104 valence electrons. The highest BCUT2D eigenvalue weighted by atomic mass is 79.9. The van der Waals surface area contributed by atoms with E-state index in [9.17, 15) is 4.39 Å². The van der Waals surface area contributed by atoms with E-state index in [2.05, 4.69) is 35.8 Å². The molecule has 0 bridgehead atoms. The van der Waals surface area contributed by atoms with Gasteiger partial charge in [-0.25, -0.2) is 14.4 Å². The third kappa shape index (κ3) is 2.72. The monoisotopic (exact) mass is 337 g/mol. The second kappa shape index (κ2) is 5.70. The van der Waals surface area contributed by atoms with E-state index in [1.54, 1.807) is 24.8 Å². The molecular formula is C13H13BrFN5. The van der Waals surface area contributed by atoms with E-state index >= 15 is 0 Å². The van der Waals surface area contributed by atoms with Crippen molar-refractivity contribution in [3.05, 3.63) is 41.1 Å². The highest BCUT2D eigenvalue weighted by molar-refractivity contribution is 9.10. The zero-order valence-electron chi connectivity index (χ0n) is 10.7. The van der Waals surface area contributed by atoms with Gasteiger partial charge in [-0.15, -0.1) is 0 Å². The van der Waals surface area contributed by atoms with E-state index in [1.807, 2.05) is 4.90 Å². The van der Waals surface area contributed by atoms with Crippen LogP contribution in [-0.2, 0) is 0 Å². The first kappa shape index (κ1) is 13.2. The summed E-state index contributed by atoms with van der Waals surface area (Å²) in [6, 6.07) is 1.44. The fraction of sp³-hybridized carbons (Fsp3) is 0.308. The smallest absolute Gasteiger partial charge is 0.166 e. The van der Waals surface area contributed by atoms with Crippen molar-refractivity contribution in [2.75, 3.05) is 36.0 Å². The summed E-state index contributed by atoms with van der Waals surface area (Å²) in [5.41, 5.74) is 0. The van der Waals surface area contributed by atoms with Crippen LogP contribution in [0.5, 0.6) is 0 Å². The van der Waals surface area contributed by atoms with Crippen LogP contribution >= 0.6 is 15.9 Å². The van der Waals surface area contributed by atoms with Crippen LogP contribution in [0, 0.1) is 5.82 Å². The van der Waals surface area contributed by atoms with E-state index in [-0.39, 0.29) is 5.82 Å². The minimum absolute atomic E-state index is 0.299. The van der Waals surface area contributed by atoms with Crippen molar-refractivity contribution in [1.29, 1.82) is 0 Å². The fourth-order valence-corrected chi connectivity index (χ4v) is 2.55. The van der Waals surface area contributed by atoms with Crippen LogP contribution in [0.2, 0.25) is 0 Å². The number of hydrogen-bond acceptors (Lipinski definition) is 5. The Labute approximate surface area is 124 Å². The summed E-state index contributed by atoms with van der Waals surface area (Å²) >= 11 is 3.22. The molecule has 1 aliphatic heterocycles. The third-order valence-electron chi connectivity index (χ3n) is 3.24. The molecule has 1 saturated heterocycles. The number of rotatable bonds is 2. The molecular weight excluding hydrogens is 325 g/mol. The molecule has 0 atom stereocenters. The van der Waals surface area contributed by atoms with Crippen molar-refractivity contribution in [2.45, 2.75) is 0 Å². The molecule has 3 heterocycles. The van der Waals surface area contributed by atoms with Crippen molar-refractivity contribution < 1.29 is 4.39 Å². The lowest BCUT2D eigenvalue weighted by Gasteiger charge is -2.35. The number of nitrogens with zero attached hydrogens (tertiary/aromatic N) is 5. The normalized spacial score (nSPS) is 15.5. The topological polar surface area (TPSA) is 45.2 Å². The Morgan fingerprint density at radius 1 is 1.00 bits per heavy atom. The van der Waals surface area contributed by atoms with Gasteiger partial charge < -0.3 is 9.80 Å². The predicted octanol–water partition coefficient (Wildman–Crippen LogP) is 2.10. The lowest BCUT2D eigenvalue weighted by atomic mass is 10.3. The number of pyridine rings is 1. The molecule has 5 nitrogen and oxygen atoms in total. The molecule has 0 aromatic carbocycles. The number of hydrogen-bond donors (Lipinski definition) is 0. The van der Waals surface area contributed by atoms with Crippen LogP contribution in [-0.4, -0.2) is 41.1 Å². The lowest BCUT2D eigenvalue weighted by molar-refractivity contribution is 0.586. The summed E-state index contributed by atoms with van der Waals surface area (Å²) < 4.78 is 14.5. The van der Waals surface area contributed by atoms with Crippen LogP contribution in [0.3, 0.4) is 0 Å². The van der Waals surface area contributed by atoms with Crippen LogP contribution in [0.25, 0.3) is 0 Å². The van der Waals surface area contributed by atoms with Crippen molar-refractivity contribution >= 4 is 27.6 Å². The van der Waals surface area contributed by atoms with Gasteiger partial charge in [0.05, 0.1) is 6.20 Å². The number of aromatic nitrogens is 3. The SMILES string of the molecule is Fc1cc(Br)cnc1N1CCN(c2cnccn2)CC1. The summed E-state index contributed by atoms with van der Waals surface area (Å²) in [6.45, 7) is 2.97. The molecule has 1 fully saturated rings. The third-order valence-corrected chi connectivity index (χ3v) is 3.67. The summed E-state index contributed by atoms with van der Waals surface area (Å²) in [5.74, 6) is 0.968. The molecule has 0 aliphatic carbocycles. The van der Waals surface area contributed by atoms with E-state index in [0.717, 1.165) is 18.9 Å². The minimum atomic E-state index is -0.299. The van der Waals surface area contributed by atoms with E-state index in [4.69, 9.17) is 0 Å². The van der Waals surface area contributed by atoms with Crippen LogP contribution in [0.4, 0.5) is 16.0 Å². The molecule has 2 aromatic rings. The van der Waals surface area contributed by atoms with Crippen LogP contribution < -0.4 is 9.80 Å². The lowest BCUT2D eigenvalue weighted by Crippen LogP contribution is -2.47. The Hall–Kier alpha value is -1.76. The largest absolute Gasteiger partial charge is 0.352 e. The Bertz CT molecular complexity index is 587. The van der Waals surface area contributed by atoms with Gasteiger partial charge >= 0.3 is 0 Å². The van der Waals surface area contributed by atoms with Crippen molar-refractivity contribution in [3.8, 4) is 0 Å².